The molecule has 0 aromatic rings. The van der Waals surface area contributed by atoms with Gasteiger partial charge in [0, 0.05) is 12.6 Å². The van der Waals surface area contributed by atoms with Crippen LogP contribution in [-0.4, -0.2) is 41.3 Å². The van der Waals surface area contributed by atoms with E-state index in [1.807, 2.05) is 0 Å². The molecule has 15 heavy (non-hydrogen) atoms. The molecule has 0 aromatic carbocycles. The second-order valence-corrected chi connectivity index (χ2v) is 3.66. The van der Waals surface area contributed by atoms with E-state index in [2.05, 4.69) is 0 Å². The molecule has 0 heterocycles. The SMILES string of the molecule is O=C(N(CCO)C1CCCC1)C(F)(F)F. The first-order valence-electron chi connectivity index (χ1n) is 4.95. The number of hydrogen-bond acceptors (Lipinski definition) is 2. The van der Waals surface area contributed by atoms with E-state index in [0.29, 0.717) is 12.8 Å². The Morgan fingerprint density at radius 3 is 2.27 bits per heavy atom. The second-order valence-electron chi connectivity index (χ2n) is 3.66. The van der Waals surface area contributed by atoms with Gasteiger partial charge < -0.3 is 10.0 Å². The summed E-state index contributed by atoms with van der Waals surface area (Å²) in [6.45, 7) is -0.665. The van der Waals surface area contributed by atoms with Crippen molar-refractivity contribution >= 4 is 5.91 Å². The quantitative estimate of drug-likeness (QED) is 0.786. The number of amides is 1. The van der Waals surface area contributed by atoms with Crippen LogP contribution >= 0.6 is 0 Å². The first-order chi connectivity index (χ1) is 6.96. The highest BCUT2D eigenvalue weighted by molar-refractivity contribution is 5.82. The molecule has 1 rings (SSSR count). The number of aliphatic hydroxyl groups excluding tert-OH is 1. The number of rotatable bonds is 3. The van der Waals surface area contributed by atoms with Gasteiger partial charge in [-0.15, -0.1) is 0 Å². The lowest BCUT2D eigenvalue weighted by atomic mass is 10.2. The van der Waals surface area contributed by atoms with E-state index < -0.39 is 18.7 Å². The van der Waals surface area contributed by atoms with Gasteiger partial charge in [-0.1, -0.05) is 12.8 Å². The van der Waals surface area contributed by atoms with Crippen molar-refractivity contribution in [3.8, 4) is 0 Å². The van der Waals surface area contributed by atoms with E-state index in [-0.39, 0.29) is 12.6 Å². The number of alkyl halides is 3. The summed E-state index contributed by atoms with van der Waals surface area (Å²) in [6, 6.07) is -0.355. The van der Waals surface area contributed by atoms with Crippen LogP contribution in [0.2, 0.25) is 0 Å². The molecular formula is C9H14F3NO2. The van der Waals surface area contributed by atoms with E-state index in [9.17, 15) is 18.0 Å². The fraction of sp³-hybridized carbons (Fsp3) is 0.889. The van der Waals surface area contributed by atoms with Gasteiger partial charge in [0.1, 0.15) is 0 Å². The molecule has 88 valence electrons. The van der Waals surface area contributed by atoms with Gasteiger partial charge in [0.05, 0.1) is 6.61 Å². The van der Waals surface area contributed by atoms with Crippen LogP contribution in [0, 0.1) is 0 Å². The van der Waals surface area contributed by atoms with Crippen molar-refractivity contribution < 1.29 is 23.1 Å². The average Bonchev–Trinajstić information content (AvgIpc) is 2.64. The van der Waals surface area contributed by atoms with E-state index in [1.54, 1.807) is 0 Å². The molecule has 1 N–H and O–H groups in total. The molecule has 6 heteroatoms. The number of aliphatic hydroxyl groups is 1. The molecule has 1 saturated carbocycles. The Balaban J connectivity index is 2.68. The van der Waals surface area contributed by atoms with Gasteiger partial charge >= 0.3 is 12.1 Å². The first kappa shape index (κ1) is 12.3. The standard InChI is InChI=1S/C9H14F3NO2/c10-9(11,12)8(15)13(5-6-14)7-3-1-2-4-7/h7,14H,1-6H2. The fourth-order valence-corrected chi connectivity index (χ4v) is 1.94. The zero-order valence-electron chi connectivity index (χ0n) is 8.26. The summed E-state index contributed by atoms with van der Waals surface area (Å²) in [6.07, 6.45) is -1.95. The molecule has 0 atom stereocenters. The van der Waals surface area contributed by atoms with E-state index >= 15 is 0 Å². The molecule has 0 bridgehead atoms. The van der Waals surface area contributed by atoms with Crippen molar-refractivity contribution in [1.29, 1.82) is 0 Å². The number of nitrogens with zero attached hydrogens (tertiary/aromatic N) is 1. The predicted molar refractivity (Wildman–Crippen MR) is 47.1 cm³/mol. The van der Waals surface area contributed by atoms with Crippen LogP contribution in [0.15, 0.2) is 0 Å². The minimum Gasteiger partial charge on any atom is -0.395 e. The third-order valence-electron chi connectivity index (χ3n) is 2.61. The van der Waals surface area contributed by atoms with Crippen LogP contribution in [0.4, 0.5) is 13.2 Å². The van der Waals surface area contributed by atoms with Crippen molar-refractivity contribution in [3.63, 3.8) is 0 Å². The summed E-state index contributed by atoms with van der Waals surface area (Å²) in [5.41, 5.74) is 0. The average molecular weight is 225 g/mol. The van der Waals surface area contributed by atoms with E-state index in [1.165, 1.54) is 0 Å². The van der Waals surface area contributed by atoms with Gasteiger partial charge in [-0.3, -0.25) is 4.79 Å². The Morgan fingerprint density at radius 1 is 1.33 bits per heavy atom. The Labute approximate surface area is 85.9 Å². The highest BCUT2D eigenvalue weighted by Crippen LogP contribution is 2.27. The molecule has 1 amide bonds. The monoisotopic (exact) mass is 225 g/mol. The van der Waals surface area contributed by atoms with E-state index in [4.69, 9.17) is 5.11 Å². The molecule has 1 aliphatic rings. The third-order valence-corrected chi connectivity index (χ3v) is 2.61. The maximum absolute atomic E-state index is 12.2. The van der Waals surface area contributed by atoms with Crippen LogP contribution < -0.4 is 0 Å². The number of halogens is 3. The molecule has 3 nitrogen and oxygen atoms in total. The Bertz CT molecular complexity index is 224. The molecule has 0 saturated heterocycles. The van der Waals surface area contributed by atoms with Crippen molar-refractivity contribution in [2.75, 3.05) is 13.2 Å². The van der Waals surface area contributed by atoms with Gasteiger partial charge in [0.25, 0.3) is 0 Å². The molecule has 0 spiro atoms. The zero-order chi connectivity index (χ0) is 11.5. The predicted octanol–water partition coefficient (Wildman–Crippen LogP) is 1.31. The lowest BCUT2D eigenvalue weighted by molar-refractivity contribution is -0.188. The molecule has 1 fully saturated rings. The third kappa shape index (κ3) is 3.09. The summed E-state index contributed by atoms with van der Waals surface area (Å²) in [5.74, 6) is -1.83. The van der Waals surface area contributed by atoms with Crippen LogP contribution in [0.5, 0.6) is 0 Å². The van der Waals surface area contributed by atoms with Gasteiger partial charge in [0.15, 0.2) is 0 Å². The Kier molecular flexibility index (Phi) is 3.96. The molecule has 0 aliphatic heterocycles. The summed E-state index contributed by atoms with van der Waals surface area (Å²) in [7, 11) is 0. The van der Waals surface area contributed by atoms with Crippen LogP contribution in [0.1, 0.15) is 25.7 Å². The Morgan fingerprint density at radius 2 is 1.87 bits per heavy atom. The maximum atomic E-state index is 12.2. The van der Waals surface area contributed by atoms with Gasteiger partial charge in [0.2, 0.25) is 0 Å². The number of hydrogen-bond donors (Lipinski definition) is 1. The maximum Gasteiger partial charge on any atom is 0.471 e. The lowest BCUT2D eigenvalue weighted by Gasteiger charge is -2.28. The van der Waals surface area contributed by atoms with Crippen molar-refractivity contribution in [2.45, 2.75) is 37.9 Å². The minimum atomic E-state index is -4.84. The Hall–Kier alpha value is -0.780. The summed E-state index contributed by atoms with van der Waals surface area (Å²) in [5, 5.41) is 8.65. The molecule has 0 radical (unpaired) electrons. The van der Waals surface area contributed by atoms with Gasteiger partial charge in [-0.2, -0.15) is 13.2 Å². The van der Waals surface area contributed by atoms with Crippen LogP contribution in [-0.2, 0) is 4.79 Å². The van der Waals surface area contributed by atoms with Crippen molar-refractivity contribution in [2.24, 2.45) is 0 Å². The lowest BCUT2D eigenvalue weighted by Crippen LogP contribution is -2.47. The highest BCUT2D eigenvalue weighted by Gasteiger charge is 2.44. The fourth-order valence-electron chi connectivity index (χ4n) is 1.94. The smallest absolute Gasteiger partial charge is 0.395 e. The zero-order valence-corrected chi connectivity index (χ0v) is 8.26. The minimum absolute atomic E-state index is 0.233. The molecule has 0 aromatic heterocycles. The molecule has 0 unspecified atom stereocenters. The summed E-state index contributed by atoms with van der Waals surface area (Å²) >= 11 is 0. The summed E-state index contributed by atoms with van der Waals surface area (Å²) in [4.78, 5) is 11.8. The number of carbonyl (C=O) groups is 1. The topological polar surface area (TPSA) is 40.5 Å². The van der Waals surface area contributed by atoms with Crippen molar-refractivity contribution in [3.05, 3.63) is 0 Å². The van der Waals surface area contributed by atoms with Gasteiger partial charge in [-0.05, 0) is 12.8 Å². The van der Waals surface area contributed by atoms with Crippen molar-refractivity contribution in [1.82, 2.24) is 4.90 Å². The number of carbonyl (C=O) groups excluding carboxylic acids is 1. The van der Waals surface area contributed by atoms with E-state index in [0.717, 1.165) is 17.7 Å². The second kappa shape index (κ2) is 4.83. The first-order valence-corrected chi connectivity index (χ1v) is 4.95. The van der Waals surface area contributed by atoms with Gasteiger partial charge in [-0.25, -0.2) is 0 Å². The largest absolute Gasteiger partial charge is 0.471 e. The highest BCUT2D eigenvalue weighted by atomic mass is 19.4. The summed E-state index contributed by atoms with van der Waals surface area (Å²) < 4.78 is 36.6. The molecular weight excluding hydrogens is 211 g/mol. The van der Waals surface area contributed by atoms with Crippen LogP contribution in [0.25, 0.3) is 0 Å². The molecule has 1 aliphatic carbocycles. The van der Waals surface area contributed by atoms with Crippen LogP contribution in [0.3, 0.4) is 0 Å². The normalized spacial score (nSPS) is 18.1.